The second-order valence-electron chi connectivity index (χ2n) is 5.73. The molecule has 0 atom stereocenters. The molecule has 154 valence electrons. The predicted molar refractivity (Wildman–Crippen MR) is 107 cm³/mol. The molecule has 0 fully saturated rings. The van der Waals surface area contributed by atoms with Gasteiger partial charge in [-0.1, -0.05) is 24.3 Å². The summed E-state index contributed by atoms with van der Waals surface area (Å²) in [5.74, 6) is -2.35. The van der Waals surface area contributed by atoms with E-state index in [0.717, 1.165) is 0 Å². The first kappa shape index (κ1) is 22.0. The minimum atomic E-state index is -1.03. The average Bonchev–Trinajstić information content (AvgIpc) is 2.67. The van der Waals surface area contributed by atoms with Crippen LogP contribution in [0.15, 0.2) is 58.7 Å². The summed E-state index contributed by atoms with van der Waals surface area (Å²) in [4.78, 5) is 45.4. The molecule has 0 radical (unpaired) electrons. The van der Waals surface area contributed by atoms with Crippen molar-refractivity contribution in [3.63, 3.8) is 0 Å². The first-order valence-corrected chi connectivity index (χ1v) is 8.57. The molecule has 30 heavy (non-hydrogen) atoms. The number of carbonyl (C=O) groups excluding carboxylic acids is 4. The van der Waals surface area contributed by atoms with Gasteiger partial charge in [0.2, 0.25) is 0 Å². The van der Waals surface area contributed by atoms with E-state index in [-0.39, 0.29) is 0 Å². The highest BCUT2D eigenvalue weighted by Gasteiger charge is 2.11. The third-order valence-electron chi connectivity index (χ3n) is 3.21. The molecule has 2 aromatic rings. The SMILES string of the molecule is CC(=O)Oc1cccc(/C=N\NC(=O)C(=O)N/N=C/c2cccc(OC(C)=O)c2)c1. The highest BCUT2D eigenvalue weighted by Crippen LogP contribution is 2.12. The molecule has 10 heteroatoms. The Labute approximate surface area is 171 Å². The second kappa shape index (κ2) is 10.9. The number of esters is 2. The molecule has 0 aliphatic rings. The van der Waals surface area contributed by atoms with E-state index < -0.39 is 23.8 Å². The third kappa shape index (κ3) is 7.72. The highest BCUT2D eigenvalue weighted by molar-refractivity contribution is 6.35. The molecule has 0 spiro atoms. The molecule has 2 N–H and O–H groups in total. The zero-order valence-corrected chi connectivity index (χ0v) is 16.1. The topological polar surface area (TPSA) is 136 Å². The van der Waals surface area contributed by atoms with E-state index in [4.69, 9.17) is 9.47 Å². The van der Waals surface area contributed by atoms with Gasteiger partial charge in [-0.2, -0.15) is 10.2 Å². The van der Waals surface area contributed by atoms with Crippen molar-refractivity contribution in [3.05, 3.63) is 59.7 Å². The number of ether oxygens (including phenoxy) is 2. The Bertz CT molecular complexity index is 934. The molecule has 2 aromatic carbocycles. The van der Waals surface area contributed by atoms with Crippen molar-refractivity contribution in [2.45, 2.75) is 13.8 Å². The number of hydrogen-bond acceptors (Lipinski definition) is 8. The average molecular weight is 410 g/mol. The molecule has 0 saturated heterocycles. The Morgan fingerprint density at radius 3 is 1.50 bits per heavy atom. The number of nitrogens with zero attached hydrogens (tertiary/aromatic N) is 2. The van der Waals surface area contributed by atoms with E-state index in [2.05, 4.69) is 10.2 Å². The quantitative estimate of drug-likeness (QED) is 0.241. The summed E-state index contributed by atoms with van der Waals surface area (Å²) in [7, 11) is 0. The van der Waals surface area contributed by atoms with Crippen LogP contribution in [0.5, 0.6) is 11.5 Å². The Hall–Kier alpha value is -4.34. The van der Waals surface area contributed by atoms with Crippen molar-refractivity contribution < 1.29 is 28.7 Å². The summed E-state index contributed by atoms with van der Waals surface area (Å²) < 4.78 is 9.87. The molecular formula is C20H18N4O6. The fourth-order valence-corrected chi connectivity index (χ4v) is 2.08. The van der Waals surface area contributed by atoms with Gasteiger partial charge < -0.3 is 9.47 Å². The van der Waals surface area contributed by atoms with Crippen LogP contribution >= 0.6 is 0 Å². The normalized spacial score (nSPS) is 10.6. The summed E-state index contributed by atoms with van der Waals surface area (Å²) in [5.41, 5.74) is 5.18. The van der Waals surface area contributed by atoms with Gasteiger partial charge in [0.15, 0.2) is 0 Å². The highest BCUT2D eigenvalue weighted by atomic mass is 16.5. The van der Waals surface area contributed by atoms with Crippen molar-refractivity contribution in [1.82, 2.24) is 10.9 Å². The number of benzene rings is 2. The van der Waals surface area contributed by atoms with Gasteiger partial charge in [-0.25, -0.2) is 10.9 Å². The Kier molecular flexibility index (Phi) is 7.94. The fourth-order valence-electron chi connectivity index (χ4n) is 2.08. The summed E-state index contributed by atoms with van der Waals surface area (Å²) in [6.07, 6.45) is 2.56. The van der Waals surface area contributed by atoms with E-state index in [1.165, 1.54) is 38.4 Å². The van der Waals surface area contributed by atoms with Gasteiger partial charge in [-0.05, 0) is 35.4 Å². The molecule has 2 amide bonds. The zero-order valence-electron chi connectivity index (χ0n) is 16.1. The Morgan fingerprint density at radius 1 is 0.733 bits per heavy atom. The molecule has 0 aliphatic carbocycles. The third-order valence-corrected chi connectivity index (χ3v) is 3.21. The van der Waals surface area contributed by atoms with Crippen LogP contribution in [0.4, 0.5) is 0 Å². The molecule has 0 bridgehead atoms. The van der Waals surface area contributed by atoms with Crippen LogP contribution in [0.1, 0.15) is 25.0 Å². The van der Waals surface area contributed by atoms with Gasteiger partial charge in [0.05, 0.1) is 12.4 Å². The largest absolute Gasteiger partial charge is 0.427 e. The summed E-state index contributed by atoms with van der Waals surface area (Å²) in [6.45, 7) is 2.55. The molecule has 0 aromatic heterocycles. The maximum Gasteiger partial charge on any atom is 0.331 e. The van der Waals surface area contributed by atoms with Crippen LogP contribution in [0.25, 0.3) is 0 Å². The van der Waals surface area contributed by atoms with Crippen LogP contribution in [0.3, 0.4) is 0 Å². The Balaban J connectivity index is 1.86. The summed E-state index contributed by atoms with van der Waals surface area (Å²) in [6, 6.07) is 12.8. The van der Waals surface area contributed by atoms with Crippen molar-refractivity contribution in [3.8, 4) is 11.5 Å². The van der Waals surface area contributed by atoms with E-state index in [9.17, 15) is 19.2 Å². The van der Waals surface area contributed by atoms with E-state index in [0.29, 0.717) is 22.6 Å². The molecule has 0 aliphatic heterocycles. The lowest BCUT2D eigenvalue weighted by Crippen LogP contribution is -2.35. The number of amides is 2. The van der Waals surface area contributed by atoms with E-state index in [1.54, 1.807) is 36.4 Å². The van der Waals surface area contributed by atoms with Gasteiger partial charge in [0, 0.05) is 13.8 Å². The van der Waals surface area contributed by atoms with Crippen molar-refractivity contribution in [2.75, 3.05) is 0 Å². The smallest absolute Gasteiger partial charge is 0.331 e. The monoisotopic (exact) mass is 410 g/mol. The van der Waals surface area contributed by atoms with Crippen molar-refractivity contribution in [1.29, 1.82) is 0 Å². The number of hydrazone groups is 2. The van der Waals surface area contributed by atoms with Crippen LogP contribution in [0, 0.1) is 0 Å². The molecule has 2 rings (SSSR count). The maximum absolute atomic E-state index is 11.7. The number of nitrogens with one attached hydrogen (secondary N) is 2. The lowest BCUT2D eigenvalue weighted by atomic mass is 10.2. The second-order valence-corrected chi connectivity index (χ2v) is 5.73. The van der Waals surface area contributed by atoms with Gasteiger partial charge in [-0.15, -0.1) is 0 Å². The minimum absolute atomic E-state index is 0.322. The number of hydrogen-bond donors (Lipinski definition) is 2. The predicted octanol–water partition coefficient (Wildman–Crippen LogP) is 1.14. The van der Waals surface area contributed by atoms with E-state index in [1.807, 2.05) is 10.9 Å². The Morgan fingerprint density at radius 2 is 1.13 bits per heavy atom. The van der Waals surface area contributed by atoms with Crippen molar-refractivity contribution >= 4 is 36.2 Å². The summed E-state index contributed by atoms with van der Waals surface area (Å²) in [5, 5.41) is 7.32. The van der Waals surface area contributed by atoms with E-state index >= 15 is 0 Å². The molecule has 0 saturated carbocycles. The standard InChI is InChI=1S/C20H18N4O6/c1-13(25)29-17-7-3-5-15(9-17)11-21-23-19(27)20(28)24-22-12-16-6-4-8-18(10-16)30-14(2)26/h3-12H,1-2H3,(H,23,27)(H,24,28)/b21-11-,22-12+. The first-order valence-electron chi connectivity index (χ1n) is 8.57. The van der Waals surface area contributed by atoms with Crippen LogP contribution < -0.4 is 20.3 Å². The summed E-state index contributed by atoms with van der Waals surface area (Å²) >= 11 is 0. The molecule has 0 unspecified atom stereocenters. The van der Waals surface area contributed by atoms with Crippen LogP contribution in [-0.2, 0) is 19.2 Å². The lowest BCUT2D eigenvalue weighted by molar-refractivity contribution is -0.139. The lowest BCUT2D eigenvalue weighted by Gasteiger charge is -2.02. The zero-order chi connectivity index (χ0) is 21.9. The van der Waals surface area contributed by atoms with Gasteiger partial charge in [-0.3, -0.25) is 19.2 Å². The first-order chi connectivity index (χ1) is 14.3. The molecule has 0 heterocycles. The maximum atomic E-state index is 11.7. The molecule has 10 nitrogen and oxygen atoms in total. The minimum Gasteiger partial charge on any atom is -0.427 e. The van der Waals surface area contributed by atoms with Gasteiger partial charge in [0.1, 0.15) is 11.5 Å². The van der Waals surface area contributed by atoms with Crippen molar-refractivity contribution in [2.24, 2.45) is 10.2 Å². The number of carbonyl (C=O) groups is 4. The fraction of sp³-hybridized carbons (Fsp3) is 0.100. The number of rotatable bonds is 6. The van der Waals surface area contributed by atoms with Gasteiger partial charge >= 0.3 is 23.8 Å². The van der Waals surface area contributed by atoms with Gasteiger partial charge in [0.25, 0.3) is 0 Å². The van der Waals surface area contributed by atoms with Crippen LogP contribution in [-0.4, -0.2) is 36.2 Å². The van der Waals surface area contributed by atoms with Crippen LogP contribution in [0.2, 0.25) is 0 Å². The molecular weight excluding hydrogens is 392 g/mol.